The minimum Gasteiger partial charge on any atom is -0.477 e. The van der Waals surface area contributed by atoms with Crippen molar-refractivity contribution in [1.29, 1.82) is 0 Å². The van der Waals surface area contributed by atoms with E-state index >= 15 is 0 Å². The summed E-state index contributed by atoms with van der Waals surface area (Å²) in [6, 6.07) is 7.15. The van der Waals surface area contributed by atoms with Crippen molar-refractivity contribution in [2.75, 3.05) is 6.61 Å². The van der Waals surface area contributed by atoms with Crippen LogP contribution in [0.3, 0.4) is 0 Å². The molecule has 0 atom stereocenters. The summed E-state index contributed by atoms with van der Waals surface area (Å²) in [6.07, 6.45) is 9.03. The van der Waals surface area contributed by atoms with Crippen LogP contribution in [-0.2, 0) is 6.54 Å². The first-order valence-corrected chi connectivity index (χ1v) is 10.7. The zero-order valence-electron chi connectivity index (χ0n) is 17.1. The molecule has 3 aromatic rings. The van der Waals surface area contributed by atoms with Gasteiger partial charge in [0.2, 0.25) is 5.88 Å². The molecule has 9 nitrogen and oxygen atoms in total. The van der Waals surface area contributed by atoms with Crippen molar-refractivity contribution in [3.63, 3.8) is 0 Å². The lowest BCUT2D eigenvalue weighted by Gasteiger charge is -2.29. The summed E-state index contributed by atoms with van der Waals surface area (Å²) in [5.41, 5.74) is 2.07. The average molecular weight is 420 g/mol. The number of carbonyl (C=O) groups excluding carboxylic acids is 1. The number of pyridine rings is 1. The van der Waals surface area contributed by atoms with Crippen LogP contribution in [-0.4, -0.2) is 43.1 Å². The molecular formula is C22H24N6O3. The molecule has 3 aromatic heterocycles. The highest BCUT2D eigenvalue weighted by Crippen LogP contribution is 2.29. The molecule has 1 aliphatic carbocycles. The maximum absolute atomic E-state index is 12.7. The molecule has 1 aliphatic heterocycles. The van der Waals surface area contributed by atoms with Crippen LogP contribution in [0.5, 0.6) is 5.88 Å². The number of ether oxygens (including phenoxy) is 1. The number of nitrogens with zero attached hydrogens (tertiary/aromatic N) is 5. The normalized spacial score (nSPS) is 20.5. The monoisotopic (exact) mass is 420 g/mol. The minimum absolute atomic E-state index is 0.0229. The third kappa shape index (κ3) is 3.95. The van der Waals surface area contributed by atoms with E-state index in [-0.39, 0.29) is 23.6 Å². The number of nitrogens with one attached hydrogen (secondary N) is 1. The summed E-state index contributed by atoms with van der Waals surface area (Å²) in [4.78, 5) is 29.2. The zero-order chi connectivity index (χ0) is 21.2. The van der Waals surface area contributed by atoms with Gasteiger partial charge < -0.3 is 10.1 Å². The molecule has 9 heteroatoms. The molecule has 1 amide bonds. The molecule has 160 valence electrons. The van der Waals surface area contributed by atoms with Crippen LogP contribution in [0.4, 0.5) is 0 Å². The van der Waals surface area contributed by atoms with Gasteiger partial charge in [-0.2, -0.15) is 10.2 Å². The van der Waals surface area contributed by atoms with E-state index in [0.29, 0.717) is 18.1 Å². The fraction of sp³-hybridized carbons (Fsp3) is 0.409. The van der Waals surface area contributed by atoms with Gasteiger partial charge in [-0.1, -0.05) is 0 Å². The van der Waals surface area contributed by atoms with E-state index in [1.807, 2.05) is 12.1 Å². The van der Waals surface area contributed by atoms with E-state index in [4.69, 9.17) is 4.74 Å². The Morgan fingerprint density at radius 3 is 2.71 bits per heavy atom. The summed E-state index contributed by atoms with van der Waals surface area (Å²) < 4.78 is 8.96. The Kier molecular flexibility index (Phi) is 5.23. The molecule has 31 heavy (non-hydrogen) atoms. The van der Waals surface area contributed by atoms with Gasteiger partial charge >= 0.3 is 0 Å². The number of hydrogen-bond donors (Lipinski definition) is 1. The van der Waals surface area contributed by atoms with Crippen LogP contribution in [0, 0.1) is 0 Å². The molecule has 1 saturated carbocycles. The Labute approximate surface area is 179 Å². The summed E-state index contributed by atoms with van der Waals surface area (Å²) in [7, 11) is 0. The van der Waals surface area contributed by atoms with E-state index in [1.54, 1.807) is 40.1 Å². The lowest BCUT2D eigenvalue weighted by molar-refractivity contribution is 0.0914. The standard InChI is InChI=1S/C22H24N6O3/c29-20-7-6-19(15-8-10-23-11-9-15)26-28(20)17-4-2-16(3-5-17)25-21(30)18-14-24-27-12-1-13-31-22(18)27/h6-11,14,16-17H,1-5,12-13H2,(H,25,30). The summed E-state index contributed by atoms with van der Waals surface area (Å²) in [5.74, 6) is 0.405. The van der Waals surface area contributed by atoms with Gasteiger partial charge in [-0.05, 0) is 43.9 Å². The largest absolute Gasteiger partial charge is 0.477 e. The number of aromatic nitrogens is 5. The smallest absolute Gasteiger partial charge is 0.267 e. The third-order valence-electron chi connectivity index (χ3n) is 5.97. The van der Waals surface area contributed by atoms with E-state index in [2.05, 4.69) is 20.5 Å². The van der Waals surface area contributed by atoms with Crippen molar-refractivity contribution >= 4 is 5.91 Å². The molecule has 5 rings (SSSR count). The summed E-state index contributed by atoms with van der Waals surface area (Å²) in [6.45, 7) is 1.38. The quantitative estimate of drug-likeness (QED) is 0.694. The molecule has 0 spiro atoms. The van der Waals surface area contributed by atoms with Crippen LogP contribution in [0.15, 0.2) is 47.7 Å². The van der Waals surface area contributed by atoms with Crippen molar-refractivity contribution < 1.29 is 9.53 Å². The fourth-order valence-electron chi connectivity index (χ4n) is 4.32. The van der Waals surface area contributed by atoms with Crippen LogP contribution in [0.25, 0.3) is 11.3 Å². The second kappa shape index (κ2) is 8.33. The predicted molar refractivity (Wildman–Crippen MR) is 113 cm³/mol. The van der Waals surface area contributed by atoms with E-state index < -0.39 is 0 Å². The van der Waals surface area contributed by atoms with Crippen molar-refractivity contribution in [2.45, 2.75) is 50.7 Å². The van der Waals surface area contributed by atoms with Gasteiger partial charge in [0.15, 0.2) is 0 Å². The Hall–Kier alpha value is -3.49. The Balaban J connectivity index is 1.24. The highest BCUT2D eigenvalue weighted by molar-refractivity contribution is 5.96. The van der Waals surface area contributed by atoms with E-state index in [9.17, 15) is 9.59 Å². The molecule has 2 aliphatic rings. The maximum atomic E-state index is 12.7. The van der Waals surface area contributed by atoms with Gasteiger partial charge in [-0.3, -0.25) is 14.6 Å². The molecule has 1 N–H and O–H groups in total. The fourth-order valence-corrected chi connectivity index (χ4v) is 4.32. The zero-order valence-corrected chi connectivity index (χ0v) is 17.1. The van der Waals surface area contributed by atoms with Crippen molar-refractivity contribution in [3.8, 4) is 17.1 Å². The van der Waals surface area contributed by atoms with Crippen molar-refractivity contribution in [2.24, 2.45) is 0 Å². The maximum Gasteiger partial charge on any atom is 0.267 e. The number of amides is 1. The first-order chi connectivity index (χ1) is 15.2. The van der Waals surface area contributed by atoms with Crippen molar-refractivity contribution in [3.05, 3.63) is 58.8 Å². The molecule has 0 saturated heterocycles. The highest BCUT2D eigenvalue weighted by Gasteiger charge is 2.28. The van der Waals surface area contributed by atoms with Crippen LogP contribution in [0.1, 0.15) is 48.5 Å². The van der Waals surface area contributed by atoms with Gasteiger partial charge in [-0.15, -0.1) is 0 Å². The highest BCUT2D eigenvalue weighted by atomic mass is 16.5. The molecule has 0 bridgehead atoms. The van der Waals surface area contributed by atoms with E-state index in [1.165, 1.54) is 0 Å². The van der Waals surface area contributed by atoms with E-state index in [0.717, 1.165) is 49.9 Å². The Bertz CT molecular complexity index is 1130. The minimum atomic E-state index is -0.151. The van der Waals surface area contributed by atoms with Gasteiger partial charge in [0.25, 0.3) is 11.5 Å². The van der Waals surface area contributed by atoms with Gasteiger partial charge in [0.1, 0.15) is 5.56 Å². The number of fused-ring (bicyclic) bond motifs is 1. The molecule has 0 aromatic carbocycles. The van der Waals surface area contributed by atoms with Crippen LogP contribution < -0.4 is 15.6 Å². The van der Waals surface area contributed by atoms with Gasteiger partial charge in [-0.25, -0.2) is 9.36 Å². The van der Waals surface area contributed by atoms with Crippen LogP contribution in [0.2, 0.25) is 0 Å². The lowest BCUT2D eigenvalue weighted by Crippen LogP contribution is -2.39. The molecule has 1 fully saturated rings. The molecule has 0 unspecified atom stereocenters. The SMILES string of the molecule is O=C(NC1CCC(n2nc(-c3ccncc3)ccc2=O)CC1)c1cnn2c1OCCC2. The predicted octanol–water partition coefficient (Wildman–Crippen LogP) is 2.20. The molecule has 0 radical (unpaired) electrons. The summed E-state index contributed by atoms with van der Waals surface area (Å²) in [5, 5.41) is 12.0. The number of aryl methyl sites for hydroxylation is 1. The third-order valence-corrected chi connectivity index (χ3v) is 5.97. The second-order valence-corrected chi connectivity index (χ2v) is 8.00. The lowest BCUT2D eigenvalue weighted by atomic mass is 9.91. The first-order valence-electron chi connectivity index (χ1n) is 10.7. The topological polar surface area (TPSA) is 104 Å². The van der Waals surface area contributed by atoms with Gasteiger partial charge in [0, 0.05) is 43.0 Å². The number of rotatable bonds is 4. The Morgan fingerprint density at radius 1 is 1.10 bits per heavy atom. The van der Waals surface area contributed by atoms with Crippen LogP contribution >= 0.6 is 0 Å². The molecular weight excluding hydrogens is 396 g/mol. The number of hydrogen-bond acceptors (Lipinski definition) is 6. The molecule has 4 heterocycles. The number of carbonyl (C=O) groups is 1. The average Bonchev–Trinajstić information content (AvgIpc) is 3.25. The summed E-state index contributed by atoms with van der Waals surface area (Å²) >= 11 is 0. The second-order valence-electron chi connectivity index (χ2n) is 8.00. The van der Waals surface area contributed by atoms with Gasteiger partial charge in [0.05, 0.1) is 24.5 Å². The first kappa shape index (κ1) is 19.5. The Morgan fingerprint density at radius 2 is 1.90 bits per heavy atom. The van der Waals surface area contributed by atoms with Crippen molar-refractivity contribution in [1.82, 2.24) is 29.9 Å².